The molecule has 0 bridgehead atoms. The third kappa shape index (κ3) is 4.46. The van der Waals surface area contributed by atoms with E-state index in [0.29, 0.717) is 26.2 Å². The summed E-state index contributed by atoms with van der Waals surface area (Å²) in [5.74, 6) is -0.813. The summed E-state index contributed by atoms with van der Waals surface area (Å²) in [6.07, 6.45) is -2.72. The number of amides is 1. The molecule has 2 aliphatic rings. The van der Waals surface area contributed by atoms with E-state index in [1.807, 2.05) is 0 Å². The molecule has 27 heavy (non-hydrogen) atoms. The number of hydrogen-bond donors (Lipinski definition) is 1. The minimum Gasteiger partial charge on any atom is -0.393 e. The summed E-state index contributed by atoms with van der Waals surface area (Å²) in [4.78, 5) is 14.6. The Hall–Kier alpha value is -1.60. The molecule has 4 unspecified atom stereocenters. The van der Waals surface area contributed by atoms with E-state index >= 15 is 0 Å². The van der Waals surface area contributed by atoms with Gasteiger partial charge in [0.05, 0.1) is 18.3 Å². The van der Waals surface area contributed by atoms with Crippen LogP contribution >= 0.6 is 0 Å². The van der Waals surface area contributed by atoms with E-state index in [2.05, 4.69) is 0 Å². The van der Waals surface area contributed by atoms with Gasteiger partial charge >= 0.3 is 6.18 Å². The molecule has 2 saturated heterocycles. The van der Waals surface area contributed by atoms with Crippen LogP contribution in [0.15, 0.2) is 24.3 Å². The number of benzene rings is 1. The predicted molar refractivity (Wildman–Crippen MR) is 94.1 cm³/mol. The molecule has 150 valence electrons. The predicted octanol–water partition coefficient (Wildman–Crippen LogP) is 3.59. The SMILES string of the molecule is CC(CC(=O)N1CCCC1C1COCCC1O)c1ccccc1C(F)(F)F. The zero-order valence-corrected chi connectivity index (χ0v) is 15.4. The Kier molecular flexibility index (Phi) is 6.11. The maximum atomic E-state index is 13.3. The number of likely N-dealkylation sites (tertiary alicyclic amines) is 1. The number of rotatable bonds is 4. The Bertz CT molecular complexity index is 664. The molecule has 0 saturated carbocycles. The van der Waals surface area contributed by atoms with Gasteiger partial charge in [0.2, 0.25) is 5.91 Å². The molecule has 0 aliphatic carbocycles. The van der Waals surface area contributed by atoms with E-state index in [1.54, 1.807) is 17.9 Å². The second-order valence-corrected chi connectivity index (χ2v) is 7.58. The van der Waals surface area contributed by atoms with Crippen LogP contribution in [0.1, 0.15) is 49.7 Å². The van der Waals surface area contributed by atoms with Gasteiger partial charge in [-0.15, -0.1) is 0 Å². The Morgan fingerprint density at radius 1 is 1.33 bits per heavy atom. The van der Waals surface area contributed by atoms with Crippen LogP contribution < -0.4 is 0 Å². The quantitative estimate of drug-likeness (QED) is 0.862. The van der Waals surface area contributed by atoms with Gasteiger partial charge in [0.25, 0.3) is 0 Å². The molecule has 3 rings (SSSR count). The first-order chi connectivity index (χ1) is 12.8. The normalized spacial score (nSPS) is 27.6. The van der Waals surface area contributed by atoms with E-state index in [-0.39, 0.29) is 29.9 Å². The number of nitrogens with zero attached hydrogens (tertiary/aromatic N) is 1. The highest BCUT2D eigenvalue weighted by Gasteiger charge is 2.40. The summed E-state index contributed by atoms with van der Waals surface area (Å²) >= 11 is 0. The van der Waals surface area contributed by atoms with Crippen molar-refractivity contribution in [3.63, 3.8) is 0 Å². The molecule has 1 aromatic carbocycles. The Morgan fingerprint density at radius 2 is 2.07 bits per heavy atom. The summed E-state index contributed by atoms with van der Waals surface area (Å²) in [6, 6.07) is 5.34. The molecule has 1 N–H and O–H groups in total. The Balaban J connectivity index is 1.71. The topological polar surface area (TPSA) is 49.8 Å². The molecule has 1 amide bonds. The first-order valence-corrected chi connectivity index (χ1v) is 9.50. The van der Waals surface area contributed by atoms with Crippen LogP contribution in [0.25, 0.3) is 0 Å². The number of alkyl halides is 3. The summed E-state index contributed by atoms with van der Waals surface area (Å²) in [5, 5.41) is 10.3. The molecule has 4 atom stereocenters. The van der Waals surface area contributed by atoms with Crippen LogP contribution in [-0.2, 0) is 15.7 Å². The van der Waals surface area contributed by atoms with Crippen LogP contribution in [0.5, 0.6) is 0 Å². The second kappa shape index (κ2) is 8.19. The standard InChI is InChI=1S/C20H26F3NO3/c1-13(14-5-2-3-6-16(14)20(21,22)23)11-19(26)24-9-4-7-17(24)15-12-27-10-8-18(15)25/h2-3,5-6,13,15,17-18,25H,4,7-12H2,1H3. The fourth-order valence-corrected chi connectivity index (χ4v) is 4.34. The van der Waals surface area contributed by atoms with Crippen LogP contribution in [-0.4, -0.2) is 47.8 Å². The van der Waals surface area contributed by atoms with Gasteiger partial charge in [-0.25, -0.2) is 0 Å². The lowest BCUT2D eigenvalue weighted by Crippen LogP contribution is -2.48. The van der Waals surface area contributed by atoms with E-state index in [0.717, 1.165) is 18.9 Å². The van der Waals surface area contributed by atoms with Crippen molar-refractivity contribution in [2.75, 3.05) is 19.8 Å². The van der Waals surface area contributed by atoms with Crippen molar-refractivity contribution in [2.45, 2.75) is 56.8 Å². The smallest absolute Gasteiger partial charge is 0.393 e. The fourth-order valence-electron chi connectivity index (χ4n) is 4.34. The van der Waals surface area contributed by atoms with Gasteiger partial charge in [-0.05, 0) is 36.8 Å². The molecule has 2 fully saturated rings. The largest absolute Gasteiger partial charge is 0.416 e. The lowest BCUT2D eigenvalue weighted by Gasteiger charge is -2.37. The molecule has 7 heteroatoms. The van der Waals surface area contributed by atoms with Gasteiger partial charge in [-0.3, -0.25) is 4.79 Å². The number of aliphatic hydroxyl groups excluding tert-OH is 1. The van der Waals surface area contributed by atoms with Crippen molar-refractivity contribution in [2.24, 2.45) is 5.92 Å². The van der Waals surface area contributed by atoms with Crippen LogP contribution in [0.3, 0.4) is 0 Å². The number of halogens is 3. The van der Waals surface area contributed by atoms with Crippen molar-refractivity contribution in [1.29, 1.82) is 0 Å². The minimum atomic E-state index is -4.44. The van der Waals surface area contributed by atoms with E-state index in [9.17, 15) is 23.1 Å². The van der Waals surface area contributed by atoms with Gasteiger partial charge in [0.1, 0.15) is 0 Å². The van der Waals surface area contributed by atoms with Crippen molar-refractivity contribution in [1.82, 2.24) is 4.90 Å². The first-order valence-electron chi connectivity index (χ1n) is 9.50. The lowest BCUT2D eigenvalue weighted by atomic mass is 9.88. The molecular formula is C20H26F3NO3. The van der Waals surface area contributed by atoms with Crippen molar-refractivity contribution in [3.05, 3.63) is 35.4 Å². The molecule has 0 aromatic heterocycles. The maximum absolute atomic E-state index is 13.3. The van der Waals surface area contributed by atoms with Gasteiger partial charge < -0.3 is 14.7 Å². The number of hydrogen-bond acceptors (Lipinski definition) is 3. The van der Waals surface area contributed by atoms with Crippen LogP contribution in [0.2, 0.25) is 0 Å². The highest BCUT2D eigenvalue weighted by molar-refractivity contribution is 5.78. The van der Waals surface area contributed by atoms with Gasteiger partial charge in [-0.1, -0.05) is 25.1 Å². The average molecular weight is 385 g/mol. The van der Waals surface area contributed by atoms with Crippen molar-refractivity contribution in [3.8, 4) is 0 Å². The number of aliphatic hydroxyl groups is 1. The first kappa shape index (κ1) is 20.1. The highest BCUT2D eigenvalue weighted by atomic mass is 19.4. The monoisotopic (exact) mass is 385 g/mol. The third-order valence-electron chi connectivity index (χ3n) is 5.75. The molecule has 0 radical (unpaired) electrons. The fraction of sp³-hybridized carbons (Fsp3) is 0.650. The van der Waals surface area contributed by atoms with E-state index < -0.39 is 23.8 Å². The maximum Gasteiger partial charge on any atom is 0.416 e. The average Bonchev–Trinajstić information content (AvgIpc) is 3.11. The molecular weight excluding hydrogens is 359 g/mol. The number of ether oxygens (including phenoxy) is 1. The molecule has 4 nitrogen and oxygen atoms in total. The Morgan fingerprint density at radius 3 is 2.78 bits per heavy atom. The van der Waals surface area contributed by atoms with Gasteiger partial charge in [-0.2, -0.15) is 13.2 Å². The molecule has 2 heterocycles. The number of carbonyl (C=O) groups excluding carboxylic acids is 1. The number of carbonyl (C=O) groups is 1. The molecule has 0 spiro atoms. The van der Waals surface area contributed by atoms with Crippen molar-refractivity contribution < 1.29 is 27.8 Å². The summed E-state index contributed by atoms with van der Waals surface area (Å²) in [5.41, 5.74) is -0.533. The molecule has 2 aliphatic heterocycles. The lowest BCUT2D eigenvalue weighted by molar-refractivity contribution is -0.140. The zero-order chi connectivity index (χ0) is 19.6. The zero-order valence-electron chi connectivity index (χ0n) is 15.4. The minimum absolute atomic E-state index is 0.0211. The summed E-state index contributed by atoms with van der Waals surface area (Å²) < 4.78 is 45.2. The van der Waals surface area contributed by atoms with Crippen LogP contribution in [0.4, 0.5) is 13.2 Å². The second-order valence-electron chi connectivity index (χ2n) is 7.58. The van der Waals surface area contributed by atoms with Gasteiger partial charge in [0, 0.05) is 31.5 Å². The van der Waals surface area contributed by atoms with E-state index in [4.69, 9.17) is 4.74 Å². The summed E-state index contributed by atoms with van der Waals surface area (Å²) in [6.45, 7) is 3.18. The van der Waals surface area contributed by atoms with Crippen molar-refractivity contribution >= 4 is 5.91 Å². The highest BCUT2D eigenvalue weighted by Crippen LogP contribution is 2.37. The van der Waals surface area contributed by atoms with Crippen LogP contribution in [0, 0.1) is 5.92 Å². The van der Waals surface area contributed by atoms with E-state index in [1.165, 1.54) is 12.1 Å². The summed E-state index contributed by atoms with van der Waals surface area (Å²) in [7, 11) is 0. The van der Waals surface area contributed by atoms with Gasteiger partial charge in [0.15, 0.2) is 0 Å². The third-order valence-corrected chi connectivity index (χ3v) is 5.75. The Labute approximate surface area is 157 Å². The molecule has 1 aromatic rings.